The van der Waals surface area contributed by atoms with Gasteiger partial charge in [-0.1, -0.05) is 48.9 Å². The summed E-state index contributed by atoms with van der Waals surface area (Å²) < 4.78 is 12.2. The molecule has 1 saturated heterocycles. The van der Waals surface area contributed by atoms with Gasteiger partial charge < -0.3 is 19.7 Å². The third-order valence-electron chi connectivity index (χ3n) is 5.65. The molecule has 2 aromatic rings. The molecule has 2 aliphatic heterocycles. The predicted molar refractivity (Wildman–Crippen MR) is 104 cm³/mol. The first-order valence-electron chi connectivity index (χ1n) is 9.54. The minimum absolute atomic E-state index is 0.137. The highest BCUT2D eigenvalue weighted by molar-refractivity contribution is 6.31. The van der Waals surface area contributed by atoms with Crippen molar-refractivity contribution in [3.05, 3.63) is 69.2 Å². The first kappa shape index (κ1) is 18.9. The lowest BCUT2D eigenvalue weighted by Gasteiger charge is -2.40. The lowest BCUT2D eigenvalue weighted by atomic mass is 9.89. The molecule has 1 fully saturated rings. The highest BCUT2D eigenvalue weighted by Crippen LogP contribution is 2.47. The van der Waals surface area contributed by atoms with Crippen molar-refractivity contribution in [1.29, 1.82) is 0 Å². The molecule has 0 aliphatic carbocycles. The number of aliphatic hydroxyl groups excluding tert-OH is 2. The zero-order chi connectivity index (χ0) is 19.0. The van der Waals surface area contributed by atoms with Crippen molar-refractivity contribution in [1.82, 2.24) is 0 Å². The molecule has 3 atom stereocenters. The number of halogens is 1. The van der Waals surface area contributed by atoms with E-state index in [1.165, 1.54) is 11.1 Å². The van der Waals surface area contributed by atoms with Crippen LogP contribution in [0.5, 0.6) is 0 Å². The summed E-state index contributed by atoms with van der Waals surface area (Å²) in [6.45, 7) is 2.40. The van der Waals surface area contributed by atoms with E-state index in [9.17, 15) is 10.2 Å². The summed E-state index contributed by atoms with van der Waals surface area (Å²) in [7, 11) is 0. The van der Waals surface area contributed by atoms with Crippen molar-refractivity contribution in [3.63, 3.8) is 0 Å². The van der Waals surface area contributed by atoms with Crippen LogP contribution in [0.15, 0.2) is 36.4 Å². The quantitative estimate of drug-likeness (QED) is 0.838. The van der Waals surface area contributed by atoms with E-state index in [0.717, 1.165) is 29.5 Å². The molecular weight excluding hydrogens is 364 g/mol. The smallest absolute Gasteiger partial charge is 0.198 e. The lowest BCUT2D eigenvalue weighted by Crippen LogP contribution is -2.45. The number of hydrogen-bond donors (Lipinski definition) is 2. The van der Waals surface area contributed by atoms with E-state index in [1.54, 1.807) is 0 Å². The summed E-state index contributed by atoms with van der Waals surface area (Å²) >= 11 is 6.54. The SMILES string of the molecule is CCc1ccc(Cc2c(Cl)ccc3c2CO[C@@]32C[C@@H](O)C[C@@H](CO)O2)cc1. The Labute approximate surface area is 164 Å². The number of aryl methyl sites for hydroxylation is 1. The molecular formula is C22H25ClO4. The maximum absolute atomic E-state index is 10.3. The fraction of sp³-hybridized carbons (Fsp3) is 0.455. The van der Waals surface area contributed by atoms with Crippen LogP contribution in [-0.4, -0.2) is 29.0 Å². The van der Waals surface area contributed by atoms with Gasteiger partial charge in [-0.05, 0) is 41.2 Å². The van der Waals surface area contributed by atoms with Crippen molar-refractivity contribution >= 4 is 11.6 Å². The topological polar surface area (TPSA) is 58.9 Å². The van der Waals surface area contributed by atoms with Crippen LogP contribution in [0.2, 0.25) is 5.02 Å². The average molecular weight is 389 g/mol. The number of aliphatic hydroxyl groups is 2. The monoisotopic (exact) mass is 388 g/mol. The van der Waals surface area contributed by atoms with Crippen LogP contribution >= 0.6 is 11.6 Å². The molecule has 2 heterocycles. The normalized spacial score (nSPS) is 27.1. The second-order valence-corrected chi connectivity index (χ2v) is 7.86. The van der Waals surface area contributed by atoms with E-state index in [2.05, 4.69) is 31.2 Å². The highest BCUT2D eigenvalue weighted by atomic mass is 35.5. The van der Waals surface area contributed by atoms with Crippen molar-refractivity contribution in [3.8, 4) is 0 Å². The second-order valence-electron chi connectivity index (χ2n) is 7.46. The Hall–Kier alpha value is -1.43. The fourth-order valence-electron chi connectivity index (χ4n) is 4.18. The molecule has 0 unspecified atom stereocenters. The van der Waals surface area contributed by atoms with Gasteiger partial charge in [0.25, 0.3) is 0 Å². The van der Waals surface area contributed by atoms with Gasteiger partial charge in [0.05, 0.1) is 25.4 Å². The Morgan fingerprint density at radius 2 is 1.89 bits per heavy atom. The number of fused-ring (bicyclic) bond motifs is 2. The Morgan fingerprint density at radius 3 is 2.59 bits per heavy atom. The van der Waals surface area contributed by atoms with Gasteiger partial charge in [-0.15, -0.1) is 0 Å². The largest absolute Gasteiger partial charge is 0.394 e. The van der Waals surface area contributed by atoms with E-state index >= 15 is 0 Å². The zero-order valence-corrected chi connectivity index (χ0v) is 16.2. The molecule has 27 heavy (non-hydrogen) atoms. The molecule has 0 bridgehead atoms. The number of ether oxygens (including phenoxy) is 2. The fourth-order valence-corrected chi connectivity index (χ4v) is 4.43. The first-order valence-corrected chi connectivity index (χ1v) is 9.91. The Balaban J connectivity index is 1.68. The molecule has 0 radical (unpaired) electrons. The molecule has 4 rings (SSSR count). The molecule has 5 heteroatoms. The van der Waals surface area contributed by atoms with Gasteiger partial charge in [-0.3, -0.25) is 0 Å². The van der Waals surface area contributed by atoms with Gasteiger partial charge in [-0.2, -0.15) is 0 Å². The molecule has 1 spiro atoms. The molecule has 2 aromatic carbocycles. The third kappa shape index (κ3) is 3.53. The maximum atomic E-state index is 10.3. The van der Waals surface area contributed by atoms with E-state index in [4.69, 9.17) is 21.1 Å². The molecule has 0 saturated carbocycles. The number of benzene rings is 2. The molecule has 144 valence electrons. The summed E-state index contributed by atoms with van der Waals surface area (Å²) in [6, 6.07) is 12.4. The van der Waals surface area contributed by atoms with Gasteiger partial charge >= 0.3 is 0 Å². The van der Waals surface area contributed by atoms with Crippen LogP contribution in [0.1, 0.15) is 47.6 Å². The molecule has 4 nitrogen and oxygen atoms in total. The average Bonchev–Trinajstić information content (AvgIpc) is 3.01. The van der Waals surface area contributed by atoms with Crippen molar-refractivity contribution in [2.45, 2.75) is 57.2 Å². The number of hydrogen-bond acceptors (Lipinski definition) is 4. The Morgan fingerprint density at radius 1 is 1.15 bits per heavy atom. The zero-order valence-electron chi connectivity index (χ0n) is 15.5. The van der Waals surface area contributed by atoms with Crippen molar-refractivity contribution in [2.75, 3.05) is 6.61 Å². The Bertz CT molecular complexity index is 820. The predicted octanol–water partition coefficient (Wildman–Crippen LogP) is 3.71. The van der Waals surface area contributed by atoms with Gasteiger partial charge in [0.1, 0.15) is 0 Å². The molecule has 0 aromatic heterocycles. The van der Waals surface area contributed by atoms with E-state index in [0.29, 0.717) is 24.5 Å². The third-order valence-corrected chi connectivity index (χ3v) is 6.00. The van der Waals surface area contributed by atoms with Crippen molar-refractivity contribution < 1.29 is 19.7 Å². The van der Waals surface area contributed by atoms with Gasteiger partial charge in [0.15, 0.2) is 5.79 Å². The van der Waals surface area contributed by atoms with Crippen LogP contribution in [0.3, 0.4) is 0 Å². The second kappa shape index (κ2) is 7.53. The van der Waals surface area contributed by atoms with Crippen molar-refractivity contribution in [2.24, 2.45) is 0 Å². The first-order chi connectivity index (χ1) is 13.0. The lowest BCUT2D eigenvalue weighted by molar-refractivity contribution is -0.302. The van der Waals surface area contributed by atoms with Gasteiger partial charge in [-0.25, -0.2) is 0 Å². The summed E-state index contributed by atoms with van der Waals surface area (Å²) in [4.78, 5) is 0. The summed E-state index contributed by atoms with van der Waals surface area (Å²) in [5, 5.41) is 20.5. The standard InChI is InChI=1S/C22H25ClO4/c1-2-14-3-5-15(6-4-14)9-18-19-13-26-22(20(19)7-8-21(18)23)11-16(25)10-17(12-24)27-22/h3-8,16-17,24-25H,2,9-13H2,1H3/t16-,17-,22+/m0/s1. The number of rotatable bonds is 4. The summed E-state index contributed by atoms with van der Waals surface area (Å²) in [6.07, 6.45) is 1.52. The summed E-state index contributed by atoms with van der Waals surface area (Å²) in [5.41, 5.74) is 5.50. The van der Waals surface area contributed by atoms with E-state index < -0.39 is 18.0 Å². The Kier molecular flexibility index (Phi) is 5.28. The minimum atomic E-state index is -0.994. The van der Waals surface area contributed by atoms with E-state index in [1.807, 2.05) is 12.1 Å². The molecule has 2 N–H and O–H groups in total. The molecule has 0 amide bonds. The van der Waals surface area contributed by atoms with Gasteiger partial charge in [0.2, 0.25) is 0 Å². The van der Waals surface area contributed by atoms with Crippen LogP contribution < -0.4 is 0 Å². The summed E-state index contributed by atoms with van der Waals surface area (Å²) in [5.74, 6) is -0.994. The van der Waals surface area contributed by atoms with Gasteiger partial charge in [0, 0.05) is 23.4 Å². The van der Waals surface area contributed by atoms with Crippen LogP contribution in [-0.2, 0) is 34.7 Å². The highest BCUT2D eigenvalue weighted by Gasteiger charge is 2.48. The van der Waals surface area contributed by atoms with Crippen LogP contribution in [0.4, 0.5) is 0 Å². The van der Waals surface area contributed by atoms with Crippen LogP contribution in [0, 0.1) is 0 Å². The van der Waals surface area contributed by atoms with E-state index in [-0.39, 0.29) is 6.61 Å². The van der Waals surface area contributed by atoms with Crippen LogP contribution in [0.25, 0.3) is 0 Å². The minimum Gasteiger partial charge on any atom is -0.394 e. The molecule has 2 aliphatic rings. The maximum Gasteiger partial charge on any atom is 0.198 e.